The molecule has 0 saturated carbocycles. The lowest BCUT2D eigenvalue weighted by Crippen LogP contribution is -2.27. The molecule has 0 atom stereocenters. The molecule has 2 N–H and O–H groups in total. The Hall–Kier alpha value is -2.01. The van der Waals surface area contributed by atoms with Crippen LogP contribution in [0.1, 0.15) is 5.56 Å². The van der Waals surface area contributed by atoms with Crippen molar-refractivity contribution >= 4 is 17.4 Å². The molecule has 0 unspecified atom stereocenters. The second-order valence-corrected chi connectivity index (χ2v) is 4.33. The van der Waals surface area contributed by atoms with Crippen molar-refractivity contribution in [1.29, 1.82) is 0 Å². The zero-order valence-electron chi connectivity index (χ0n) is 9.74. The van der Waals surface area contributed by atoms with Crippen molar-refractivity contribution in [3.63, 3.8) is 0 Å². The summed E-state index contributed by atoms with van der Waals surface area (Å²) in [5.41, 5.74) is -0.0361. The van der Waals surface area contributed by atoms with Gasteiger partial charge in [0.05, 0.1) is 0 Å². The van der Waals surface area contributed by atoms with E-state index in [0.29, 0.717) is 17.4 Å². The Balaban J connectivity index is 2.27. The SMILES string of the molecule is CN(Cc1ccccc1Cl)c1cc(=O)[nH]c(=O)[nH]1. The fourth-order valence-corrected chi connectivity index (χ4v) is 1.82. The number of aromatic nitrogens is 2. The highest BCUT2D eigenvalue weighted by Gasteiger charge is 2.06. The molecule has 0 aliphatic heterocycles. The average Bonchev–Trinajstić information content (AvgIpc) is 2.31. The summed E-state index contributed by atoms with van der Waals surface area (Å²) in [4.78, 5) is 28.8. The minimum Gasteiger partial charge on any atom is -0.357 e. The summed E-state index contributed by atoms with van der Waals surface area (Å²) in [5, 5.41) is 0.650. The summed E-state index contributed by atoms with van der Waals surface area (Å²) >= 11 is 6.05. The highest BCUT2D eigenvalue weighted by atomic mass is 35.5. The maximum atomic E-state index is 11.2. The van der Waals surface area contributed by atoms with E-state index in [2.05, 4.69) is 9.97 Å². The molecule has 0 bridgehead atoms. The molecule has 18 heavy (non-hydrogen) atoms. The van der Waals surface area contributed by atoms with E-state index in [4.69, 9.17) is 11.6 Å². The van der Waals surface area contributed by atoms with Crippen LogP contribution in [0, 0.1) is 0 Å². The van der Waals surface area contributed by atoms with Crippen molar-refractivity contribution in [2.45, 2.75) is 6.54 Å². The fraction of sp³-hybridized carbons (Fsp3) is 0.167. The number of rotatable bonds is 3. The van der Waals surface area contributed by atoms with Crippen LogP contribution in [0.3, 0.4) is 0 Å². The Morgan fingerprint density at radius 1 is 1.22 bits per heavy atom. The Bertz CT molecular complexity index is 634. The molecule has 0 spiro atoms. The first kappa shape index (κ1) is 12.4. The Morgan fingerprint density at radius 3 is 2.61 bits per heavy atom. The minimum absolute atomic E-state index is 0.431. The third-order valence-corrected chi connectivity index (χ3v) is 2.89. The van der Waals surface area contributed by atoms with Crippen LogP contribution in [-0.4, -0.2) is 17.0 Å². The third kappa shape index (κ3) is 2.81. The first-order valence-corrected chi connectivity index (χ1v) is 5.72. The van der Waals surface area contributed by atoms with Crippen LogP contribution in [0.15, 0.2) is 39.9 Å². The molecule has 1 aromatic carbocycles. The quantitative estimate of drug-likeness (QED) is 0.880. The lowest BCUT2D eigenvalue weighted by Gasteiger charge is -2.18. The molecule has 0 aliphatic rings. The van der Waals surface area contributed by atoms with Gasteiger partial charge < -0.3 is 4.90 Å². The molecule has 2 aromatic rings. The zero-order chi connectivity index (χ0) is 13.1. The van der Waals surface area contributed by atoms with Gasteiger partial charge in [0.15, 0.2) is 0 Å². The van der Waals surface area contributed by atoms with Crippen LogP contribution in [0.2, 0.25) is 5.02 Å². The molecule has 0 aliphatic carbocycles. The number of nitrogens with one attached hydrogen (secondary N) is 2. The number of benzene rings is 1. The van der Waals surface area contributed by atoms with E-state index in [-0.39, 0.29) is 0 Å². The van der Waals surface area contributed by atoms with Crippen LogP contribution in [0.5, 0.6) is 0 Å². The van der Waals surface area contributed by atoms with Gasteiger partial charge in [0.1, 0.15) is 5.82 Å². The normalized spacial score (nSPS) is 10.3. The Morgan fingerprint density at radius 2 is 1.94 bits per heavy atom. The van der Waals surface area contributed by atoms with Gasteiger partial charge in [-0.1, -0.05) is 29.8 Å². The van der Waals surface area contributed by atoms with Gasteiger partial charge in [-0.3, -0.25) is 14.8 Å². The number of hydrogen-bond donors (Lipinski definition) is 2. The molecular weight excluding hydrogens is 254 g/mol. The zero-order valence-corrected chi connectivity index (χ0v) is 10.5. The van der Waals surface area contributed by atoms with E-state index in [9.17, 15) is 9.59 Å². The van der Waals surface area contributed by atoms with Crippen molar-refractivity contribution in [1.82, 2.24) is 9.97 Å². The van der Waals surface area contributed by atoms with Crippen LogP contribution in [0.4, 0.5) is 5.82 Å². The monoisotopic (exact) mass is 265 g/mol. The molecule has 0 amide bonds. The van der Waals surface area contributed by atoms with Gasteiger partial charge in [0.2, 0.25) is 0 Å². The largest absolute Gasteiger partial charge is 0.357 e. The van der Waals surface area contributed by atoms with Gasteiger partial charge in [-0.05, 0) is 11.6 Å². The van der Waals surface area contributed by atoms with Crippen LogP contribution >= 0.6 is 11.6 Å². The van der Waals surface area contributed by atoms with Crippen molar-refractivity contribution < 1.29 is 0 Å². The Labute approximate surface area is 108 Å². The number of halogens is 1. The van der Waals surface area contributed by atoms with Crippen LogP contribution in [-0.2, 0) is 6.54 Å². The van der Waals surface area contributed by atoms with Gasteiger partial charge in [0, 0.05) is 24.7 Å². The first-order valence-electron chi connectivity index (χ1n) is 5.34. The number of anilines is 1. The second-order valence-electron chi connectivity index (χ2n) is 3.92. The molecule has 5 nitrogen and oxygen atoms in total. The van der Waals surface area contributed by atoms with Gasteiger partial charge in [0.25, 0.3) is 5.56 Å². The maximum absolute atomic E-state index is 11.2. The summed E-state index contributed by atoms with van der Waals surface area (Å²) < 4.78 is 0. The summed E-state index contributed by atoms with van der Waals surface area (Å²) in [6, 6.07) is 8.75. The molecular formula is C12H12ClN3O2. The molecule has 6 heteroatoms. The van der Waals surface area contributed by atoms with Gasteiger partial charge in [-0.2, -0.15) is 0 Å². The summed E-state index contributed by atoms with van der Waals surface area (Å²) in [6.07, 6.45) is 0. The lowest BCUT2D eigenvalue weighted by molar-refractivity contribution is 0.874. The molecule has 94 valence electrons. The van der Waals surface area contributed by atoms with Crippen LogP contribution < -0.4 is 16.1 Å². The Kier molecular flexibility index (Phi) is 3.53. The lowest BCUT2D eigenvalue weighted by atomic mass is 10.2. The van der Waals surface area contributed by atoms with E-state index < -0.39 is 11.2 Å². The number of hydrogen-bond acceptors (Lipinski definition) is 3. The predicted molar refractivity (Wildman–Crippen MR) is 71.2 cm³/mol. The number of H-pyrrole nitrogens is 2. The fourth-order valence-electron chi connectivity index (χ4n) is 1.63. The van der Waals surface area contributed by atoms with Crippen molar-refractivity contribution in [3.05, 3.63) is 61.8 Å². The molecule has 2 rings (SSSR count). The minimum atomic E-state index is -0.525. The molecule has 1 heterocycles. The maximum Gasteiger partial charge on any atom is 0.327 e. The van der Waals surface area contributed by atoms with E-state index in [1.54, 1.807) is 18.0 Å². The second kappa shape index (κ2) is 5.10. The average molecular weight is 266 g/mol. The molecule has 0 fully saturated rings. The smallest absolute Gasteiger partial charge is 0.327 e. The van der Waals surface area contributed by atoms with Crippen LogP contribution in [0.25, 0.3) is 0 Å². The van der Waals surface area contributed by atoms with E-state index in [0.717, 1.165) is 5.56 Å². The number of aromatic amines is 2. The standard InChI is InChI=1S/C12H12ClN3O2/c1-16(7-8-4-2-3-5-9(8)13)10-6-11(17)15-12(18)14-10/h2-6H,7H2,1H3,(H2,14,15,17,18). The molecule has 0 saturated heterocycles. The van der Waals surface area contributed by atoms with Crippen molar-refractivity contribution in [2.24, 2.45) is 0 Å². The first-order chi connectivity index (χ1) is 8.56. The third-order valence-electron chi connectivity index (χ3n) is 2.52. The summed E-state index contributed by atoms with van der Waals surface area (Å²) in [5.74, 6) is 0.448. The number of nitrogens with zero attached hydrogens (tertiary/aromatic N) is 1. The summed E-state index contributed by atoms with van der Waals surface area (Å²) in [7, 11) is 1.77. The van der Waals surface area contributed by atoms with E-state index >= 15 is 0 Å². The molecule has 0 radical (unpaired) electrons. The predicted octanol–water partition coefficient (Wildman–Crippen LogP) is 1.35. The topological polar surface area (TPSA) is 69.0 Å². The molecule has 1 aromatic heterocycles. The highest BCUT2D eigenvalue weighted by molar-refractivity contribution is 6.31. The van der Waals surface area contributed by atoms with Crippen molar-refractivity contribution in [3.8, 4) is 0 Å². The van der Waals surface area contributed by atoms with Gasteiger partial charge in [-0.15, -0.1) is 0 Å². The van der Waals surface area contributed by atoms with Crippen molar-refractivity contribution in [2.75, 3.05) is 11.9 Å². The van der Waals surface area contributed by atoms with E-state index in [1.807, 2.05) is 18.2 Å². The van der Waals surface area contributed by atoms with Gasteiger partial charge in [-0.25, -0.2) is 4.79 Å². The van der Waals surface area contributed by atoms with E-state index in [1.165, 1.54) is 6.07 Å². The summed E-state index contributed by atoms with van der Waals surface area (Å²) in [6.45, 7) is 0.499. The highest BCUT2D eigenvalue weighted by Crippen LogP contribution is 2.18. The van der Waals surface area contributed by atoms with Gasteiger partial charge >= 0.3 is 5.69 Å².